The van der Waals surface area contributed by atoms with Gasteiger partial charge in [-0.2, -0.15) is 0 Å². The summed E-state index contributed by atoms with van der Waals surface area (Å²) >= 11 is 0. The van der Waals surface area contributed by atoms with Gasteiger partial charge in [-0.1, -0.05) is 13.8 Å². The number of alkyl halides is 2. The lowest BCUT2D eigenvalue weighted by Gasteiger charge is -2.46. The molecule has 0 saturated carbocycles. The zero-order valence-corrected chi connectivity index (χ0v) is 9.02. The first-order valence-electron chi connectivity index (χ1n) is 5.38. The maximum Gasteiger partial charge on any atom is 0.251 e. The fourth-order valence-electron chi connectivity index (χ4n) is 2.28. The van der Waals surface area contributed by atoms with E-state index in [1.807, 2.05) is 4.90 Å². The van der Waals surface area contributed by atoms with Crippen LogP contribution in [0.2, 0.25) is 0 Å². The molecule has 0 bridgehead atoms. The van der Waals surface area contributed by atoms with Gasteiger partial charge in [0, 0.05) is 25.2 Å². The van der Waals surface area contributed by atoms with Gasteiger partial charge >= 0.3 is 0 Å². The third-order valence-electron chi connectivity index (χ3n) is 3.36. The Morgan fingerprint density at radius 2 is 2.00 bits per heavy atom. The quantitative estimate of drug-likeness (QED) is 0.753. The van der Waals surface area contributed by atoms with Crippen LogP contribution in [-0.4, -0.2) is 43.0 Å². The number of hydrogen-bond donors (Lipinski definition) is 1. The third-order valence-corrected chi connectivity index (χ3v) is 3.36. The Hall–Kier alpha value is -0.220. The van der Waals surface area contributed by atoms with E-state index in [4.69, 9.17) is 0 Å². The predicted molar refractivity (Wildman–Crippen MR) is 53.8 cm³/mol. The molecule has 0 aromatic rings. The molecule has 0 aliphatic carbocycles. The van der Waals surface area contributed by atoms with E-state index in [1.165, 1.54) is 0 Å². The van der Waals surface area contributed by atoms with Gasteiger partial charge in [-0.05, 0) is 12.8 Å². The van der Waals surface area contributed by atoms with Crippen LogP contribution in [-0.2, 0) is 0 Å². The van der Waals surface area contributed by atoms with E-state index in [-0.39, 0.29) is 12.1 Å². The zero-order chi connectivity index (χ0) is 10.6. The molecule has 1 heterocycles. The van der Waals surface area contributed by atoms with E-state index in [9.17, 15) is 8.78 Å². The average Bonchev–Trinajstić information content (AvgIpc) is 2.18. The molecule has 0 unspecified atom stereocenters. The first-order chi connectivity index (χ1) is 6.64. The number of nitrogens with one attached hydrogen (secondary N) is 1. The Morgan fingerprint density at radius 3 is 2.50 bits per heavy atom. The summed E-state index contributed by atoms with van der Waals surface area (Å²) in [6, 6.07) is 0. The molecule has 4 heteroatoms. The minimum absolute atomic E-state index is 0.0469. The van der Waals surface area contributed by atoms with Gasteiger partial charge < -0.3 is 5.32 Å². The normalized spacial score (nSPS) is 22.9. The fraction of sp³-hybridized carbons (Fsp3) is 1.00. The molecule has 2 nitrogen and oxygen atoms in total. The number of piperazine rings is 1. The summed E-state index contributed by atoms with van der Waals surface area (Å²) in [5.74, 6) is 0. The lowest BCUT2D eigenvalue weighted by atomic mass is 9.88. The van der Waals surface area contributed by atoms with Crippen molar-refractivity contribution in [3.05, 3.63) is 0 Å². The molecule has 1 fully saturated rings. The molecule has 0 amide bonds. The van der Waals surface area contributed by atoms with Crippen LogP contribution in [0.5, 0.6) is 0 Å². The lowest BCUT2D eigenvalue weighted by molar-refractivity contribution is -0.00162. The average molecular weight is 206 g/mol. The maximum absolute atomic E-state index is 12.4. The topological polar surface area (TPSA) is 15.3 Å². The molecule has 0 atom stereocenters. The molecule has 0 radical (unpaired) electrons. The molecule has 1 N–H and O–H groups in total. The number of halogens is 2. The van der Waals surface area contributed by atoms with Gasteiger partial charge in [-0.3, -0.25) is 4.90 Å². The Labute approximate surface area is 84.7 Å². The highest BCUT2D eigenvalue weighted by molar-refractivity contribution is 4.94. The lowest BCUT2D eigenvalue weighted by Crippen LogP contribution is -2.61. The molecule has 84 valence electrons. The summed E-state index contributed by atoms with van der Waals surface area (Å²) < 4.78 is 24.7. The van der Waals surface area contributed by atoms with E-state index < -0.39 is 6.43 Å². The van der Waals surface area contributed by atoms with E-state index in [2.05, 4.69) is 19.2 Å². The van der Waals surface area contributed by atoms with Crippen molar-refractivity contribution in [3.63, 3.8) is 0 Å². The van der Waals surface area contributed by atoms with Crippen LogP contribution in [0.25, 0.3) is 0 Å². The van der Waals surface area contributed by atoms with Crippen molar-refractivity contribution < 1.29 is 8.78 Å². The molecule has 0 aromatic carbocycles. The Morgan fingerprint density at radius 1 is 1.36 bits per heavy atom. The molecule has 0 spiro atoms. The first kappa shape index (κ1) is 11.9. The smallest absolute Gasteiger partial charge is 0.251 e. The van der Waals surface area contributed by atoms with Gasteiger partial charge in [0.2, 0.25) is 0 Å². The summed E-state index contributed by atoms with van der Waals surface area (Å²) in [6.45, 7) is 6.49. The van der Waals surface area contributed by atoms with Gasteiger partial charge in [-0.25, -0.2) is 8.78 Å². The third kappa shape index (κ3) is 2.42. The highest BCUT2D eigenvalue weighted by Gasteiger charge is 2.36. The minimum Gasteiger partial charge on any atom is -0.314 e. The van der Waals surface area contributed by atoms with Crippen molar-refractivity contribution >= 4 is 0 Å². The van der Waals surface area contributed by atoms with Crippen LogP contribution < -0.4 is 5.32 Å². The largest absolute Gasteiger partial charge is 0.314 e. The number of rotatable bonds is 4. The second-order valence-electron chi connectivity index (χ2n) is 3.95. The van der Waals surface area contributed by atoms with E-state index in [1.54, 1.807) is 0 Å². The zero-order valence-electron chi connectivity index (χ0n) is 9.02. The van der Waals surface area contributed by atoms with Crippen LogP contribution in [0.3, 0.4) is 0 Å². The number of nitrogens with zero attached hydrogens (tertiary/aromatic N) is 1. The fourth-order valence-corrected chi connectivity index (χ4v) is 2.28. The van der Waals surface area contributed by atoms with Gasteiger partial charge in [-0.15, -0.1) is 0 Å². The molecule has 14 heavy (non-hydrogen) atoms. The van der Waals surface area contributed by atoms with Gasteiger partial charge in [0.1, 0.15) is 0 Å². The monoisotopic (exact) mass is 206 g/mol. The first-order valence-corrected chi connectivity index (χ1v) is 5.38. The van der Waals surface area contributed by atoms with E-state index >= 15 is 0 Å². The van der Waals surface area contributed by atoms with Crippen LogP contribution >= 0.6 is 0 Å². The molecule has 0 aromatic heterocycles. The highest BCUT2D eigenvalue weighted by atomic mass is 19.3. The van der Waals surface area contributed by atoms with Crippen molar-refractivity contribution in [1.29, 1.82) is 0 Å². The minimum atomic E-state index is -2.22. The SMILES string of the molecule is CCC1(CC)CNCCN1CC(F)F. The van der Waals surface area contributed by atoms with Crippen LogP contribution in [0.4, 0.5) is 8.78 Å². The molecular formula is C10H20F2N2. The van der Waals surface area contributed by atoms with E-state index in [0.717, 1.165) is 32.5 Å². The number of hydrogen-bond acceptors (Lipinski definition) is 2. The van der Waals surface area contributed by atoms with Crippen molar-refractivity contribution in [1.82, 2.24) is 10.2 Å². The Kier molecular flexibility index (Phi) is 4.26. The van der Waals surface area contributed by atoms with Crippen molar-refractivity contribution in [2.24, 2.45) is 0 Å². The second-order valence-corrected chi connectivity index (χ2v) is 3.95. The van der Waals surface area contributed by atoms with Crippen molar-refractivity contribution in [2.45, 2.75) is 38.7 Å². The van der Waals surface area contributed by atoms with Crippen molar-refractivity contribution in [3.8, 4) is 0 Å². The Bertz CT molecular complexity index is 170. The summed E-state index contributed by atoms with van der Waals surface area (Å²) in [7, 11) is 0. The van der Waals surface area contributed by atoms with Crippen LogP contribution in [0.15, 0.2) is 0 Å². The molecule has 1 rings (SSSR count). The molecule has 1 aliphatic heterocycles. The predicted octanol–water partition coefficient (Wildman–Crippen LogP) is 1.72. The molecular weight excluding hydrogens is 186 g/mol. The van der Waals surface area contributed by atoms with Crippen LogP contribution in [0, 0.1) is 0 Å². The summed E-state index contributed by atoms with van der Waals surface area (Å²) in [5, 5.41) is 3.29. The summed E-state index contributed by atoms with van der Waals surface area (Å²) in [6.07, 6.45) is -0.350. The van der Waals surface area contributed by atoms with Gasteiger partial charge in [0.05, 0.1) is 6.54 Å². The summed E-state index contributed by atoms with van der Waals surface area (Å²) in [5.41, 5.74) is -0.0469. The maximum atomic E-state index is 12.4. The van der Waals surface area contributed by atoms with Crippen LogP contribution in [0.1, 0.15) is 26.7 Å². The standard InChI is InChI=1S/C10H20F2N2/c1-3-10(4-2)8-13-5-6-14(10)7-9(11)12/h9,13H,3-8H2,1-2H3. The van der Waals surface area contributed by atoms with Gasteiger partial charge in [0.25, 0.3) is 6.43 Å². The highest BCUT2D eigenvalue weighted by Crippen LogP contribution is 2.25. The Balaban J connectivity index is 2.66. The van der Waals surface area contributed by atoms with Crippen molar-refractivity contribution in [2.75, 3.05) is 26.2 Å². The molecule has 1 saturated heterocycles. The molecule has 1 aliphatic rings. The summed E-state index contributed by atoms with van der Waals surface area (Å²) in [4.78, 5) is 1.95. The van der Waals surface area contributed by atoms with E-state index in [0.29, 0.717) is 0 Å². The van der Waals surface area contributed by atoms with Gasteiger partial charge in [0.15, 0.2) is 0 Å². The second kappa shape index (κ2) is 5.03.